The van der Waals surface area contributed by atoms with Crippen molar-refractivity contribution in [2.75, 3.05) is 13.1 Å². The summed E-state index contributed by atoms with van der Waals surface area (Å²) in [7, 11) is 0. The molecule has 8 heterocycles. The lowest BCUT2D eigenvalue weighted by Gasteiger charge is -2.34. The van der Waals surface area contributed by atoms with Gasteiger partial charge in [0.1, 0.15) is 23.4 Å². The fourth-order valence-electron chi connectivity index (χ4n) is 6.50. The van der Waals surface area contributed by atoms with E-state index in [1.165, 1.54) is 0 Å². The highest BCUT2D eigenvalue weighted by Gasteiger charge is 2.32. The molecule has 0 aromatic carbocycles. The summed E-state index contributed by atoms with van der Waals surface area (Å²) in [6.45, 7) is 5.24. The average Bonchev–Trinajstić information content (AvgIpc) is 3.74. The number of carbonyl (C=O) groups excluding carboxylic acids is 2. The number of pyridine rings is 4. The molecule has 14 heteroatoms. The van der Waals surface area contributed by atoms with E-state index in [9.17, 15) is 9.59 Å². The zero-order valence-electron chi connectivity index (χ0n) is 25.6. The second-order valence-corrected chi connectivity index (χ2v) is 12.1. The molecule has 6 aromatic rings. The van der Waals surface area contributed by atoms with Gasteiger partial charge in [0.05, 0.1) is 17.1 Å². The Morgan fingerprint density at radius 2 is 1.47 bits per heavy atom. The molecule has 47 heavy (non-hydrogen) atoms. The third kappa shape index (κ3) is 5.03. The van der Waals surface area contributed by atoms with Crippen LogP contribution in [0.5, 0.6) is 5.75 Å². The number of hydrogen-bond donors (Lipinski definition) is 2. The lowest BCUT2D eigenvalue weighted by Crippen LogP contribution is -2.39. The summed E-state index contributed by atoms with van der Waals surface area (Å²) in [6, 6.07) is 8.95. The van der Waals surface area contributed by atoms with Crippen LogP contribution in [0.2, 0.25) is 5.02 Å². The van der Waals surface area contributed by atoms with Gasteiger partial charge in [0.15, 0.2) is 22.9 Å². The minimum absolute atomic E-state index is 0.129. The van der Waals surface area contributed by atoms with Crippen molar-refractivity contribution in [1.82, 2.24) is 49.7 Å². The smallest absolute Gasteiger partial charge is 0.290 e. The normalized spacial score (nSPS) is 17.5. The summed E-state index contributed by atoms with van der Waals surface area (Å²) in [5.74, 6) is 0.480. The highest BCUT2D eigenvalue weighted by atomic mass is 35.5. The van der Waals surface area contributed by atoms with Crippen molar-refractivity contribution < 1.29 is 14.3 Å². The molecule has 0 saturated heterocycles. The van der Waals surface area contributed by atoms with Gasteiger partial charge in [-0.1, -0.05) is 17.7 Å². The number of H-pyrrole nitrogens is 2. The Hall–Kier alpha value is -5.43. The maximum Gasteiger partial charge on any atom is 0.290 e. The minimum Gasteiger partial charge on any atom is -0.486 e. The van der Waals surface area contributed by atoms with Crippen LogP contribution in [-0.2, 0) is 19.4 Å². The predicted octanol–water partition coefficient (Wildman–Crippen LogP) is 4.77. The predicted molar refractivity (Wildman–Crippen MR) is 172 cm³/mol. The Bertz CT molecular complexity index is 2200. The van der Waals surface area contributed by atoms with Crippen molar-refractivity contribution in [1.29, 1.82) is 0 Å². The maximum absolute atomic E-state index is 13.6. The van der Waals surface area contributed by atoms with Gasteiger partial charge in [0.2, 0.25) is 0 Å². The van der Waals surface area contributed by atoms with Gasteiger partial charge in [0, 0.05) is 73.7 Å². The number of nitrogens with one attached hydrogen (secondary N) is 2. The fourth-order valence-corrected chi connectivity index (χ4v) is 6.69. The Kier molecular flexibility index (Phi) is 7.05. The summed E-state index contributed by atoms with van der Waals surface area (Å²) in [5, 5.41) is 0.456. The zero-order chi connectivity index (χ0) is 32.2. The van der Waals surface area contributed by atoms with E-state index < -0.39 is 0 Å². The molecular formula is C33H29ClN10O3. The number of rotatable bonds is 5. The van der Waals surface area contributed by atoms with Gasteiger partial charge < -0.3 is 24.5 Å². The van der Waals surface area contributed by atoms with Gasteiger partial charge in [0.25, 0.3) is 11.8 Å². The number of amides is 2. The van der Waals surface area contributed by atoms with Crippen LogP contribution in [-0.4, -0.2) is 74.6 Å². The molecule has 0 spiro atoms. The van der Waals surface area contributed by atoms with Gasteiger partial charge in [-0.15, -0.1) is 0 Å². The third-order valence-corrected chi connectivity index (χ3v) is 9.33. The molecule has 2 aliphatic heterocycles. The summed E-state index contributed by atoms with van der Waals surface area (Å²) < 4.78 is 6.23. The van der Waals surface area contributed by atoms with Crippen molar-refractivity contribution >= 4 is 45.7 Å². The second-order valence-electron chi connectivity index (χ2n) is 11.7. The number of carbonyl (C=O) groups is 2. The molecule has 236 valence electrons. The monoisotopic (exact) mass is 648 g/mol. The highest BCUT2D eigenvalue weighted by Crippen LogP contribution is 2.32. The largest absolute Gasteiger partial charge is 0.486 e. The molecule has 2 atom stereocenters. The van der Waals surface area contributed by atoms with Crippen LogP contribution in [0.15, 0.2) is 55.1 Å². The number of halogens is 1. The molecule has 2 amide bonds. The molecule has 0 radical (unpaired) electrons. The van der Waals surface area contributed by atoms with E-state index in [-0.39, 0.29) is 42.2 Å². The first-order valence-corrected chi connectivity index (χ1v) is 15.7. The number of ether oxygens (including phenoxy) is 1. The molecule has 2 N–H and O–H groups in total. The Morgan fingerprint density at radius 3 is 2.19 bits per heavy atom. The van der Waals surface area contributed by atoms with Crippen molar-refractivity contribution in [3.05, 3.63) is 99.9 Å². The van der Waals surface area contributed by atoms with Crippen molar-refractivity contribution in [3.8, 4) is 5.75 Å². The molecule has 0 bridgehead atoms. The van der Waals surface area contributed by atoms with E-state index in [0.29, 0.717) is 59.0 Å². The molecule has 0 saturated carbocycles. The number of fused-ring (bicyclic) bond motifs is 4. The Morgan fingerprint density at radius 1 is 0.830 bits per heavy atom. The lowest BCUT2D eigenvalue weighted by atomic mass is 9.96. The topological polar surface area (TPSA) is 159 Å². The summed E-state index contributed by atoms with van der Waals surface area (Å²) >= 11 is 6.26. The molecule has 0 fully saturated rings. The zero-order valence-corrected chi connectivity index (χ0v) is 26.3. The molecule has 13 nitrogen and oxygen atoms in total. The molecule has 2 aliphatic rings. The van der Waals surface area contributed by atoms with Gasteiger partial charge in [-0.2, -0.15) is 0 Å². The third-order valence-electron chi connectivity index (χ3n) is 9.02. The summed E-state index contributed by atoms with van der Waals surface area (Å²) in [5.41, 5.74) is 6.65. The summed E-state index contributed by atoms with van der Waals surface area (Å²) in [4.78, 5) is 63.5. The van der Waals surface area contributed by atoms with E-state index in [4.69, 9.17) is 21.3 Å². The number of hydrogen-bond acceptors (Lipinski definition) is 9. The number of nitrogens with zero attached hydrogens (tertiary/aromatic N) is 8. The molecule has 0 aliphatic carbocycles. The van der Waals surface area contributed by atoms with E-state index in [2.05, 4.69) is 34.9 Å². The fraction of sp³-hybridized carbons (Fsp3) is 0.273. The van der Waals surface area contributed by atoms with Crippen LogP contribution in [0, 0.1) is 0 Å². The number of aromatic amines is 2. The van der Waals surface area contributed by atoms with Crippen LogP contribution in [0.1, 0.15) is 75.2 Å². The first kappa shape index (κ1) is 29.0. The number of imidazole rings is 2. The standard InChI is InChI=1S/C33H29ClN10O3/c1-17-20-4-3-9-35-23(20)7-12-43(17)33(46)31-40-27-25(6-11-37-29(27)42-31)47-16-19-14-21-18(2)44(13-8-24(21)38-15-19)32(45)30-39-26-22(34)5-10-36-28(26)41-30/h3-6,9-11,14-15,17-18H,7-8,12-13,16H2,1-2H3,(H,36,39,41)(H,37,40,42)/t17-,18-/m1/s1. The van der Waals surface area contributed by atoms with Crippen molar-refractivity contribution in [3.63, 3.8) is 0 Å². The molecule has 0 unspecified atom stereocenters. The van der Waals surface area contributed by atoms with Crippen LogP contribution >= 0.6 is 11.6 Å². The van der Waals surface area contributed by atoms with Crippen LogP contribution < -0.4 is 4.74 Å². The Balaban J connectivity index is 0.994. The van der Waals surface area contributed by atoms with Gasteiger partial charge in [-0.05, 0) is 43.2 Å². The second kappa shape index (κ2) is 11.4. The molecule has 6 aromatic heterocycles. The molecular weight excluding hydrogens is 620 g/mol. The van der Waals surface area contributed by atoms with Gasteiger partial charge >= 0.3 is 0 Å². The van der Waals surface area contributed by atoms with Gasteiger partial charge in [-0.3, -0.25) is 19.6 Å². The van der Waals surface area contributed by atoms with Crippen molar-refractivity contribution in [2.45, 2.75) is 45.4 Å². The van der Waals surface area contributed by atoms with E-state index in [1.807, 2.05) is 32.0 Å². The van der Waals surface area contributed by atoms with Crippen molar-refractivity contribution in [2.24, 2.45) is 0 Å². The highest BCUT2D eigenvalue weighted by molar-refractivity contribution is 6.34. The first-order chi connectivity index (χ1) is 22.9. The van der Waals surface area contributed by atoms with Gasteiger partial charge in [-0.25, -0.2) is 19.9 Å². The SMILES string of the molecule is C[C@@H]1c2cc(COc3ccnc4nc(C(=O)N5CCc6ncccc6[C@H]5C)[nH]c34)cnc2CCN1C(=O)c1nc2nccc(Cl)c2[nH]1. The lowest BCUT2D eigenvalue weighted by molar-refractivity contribution is 0.0657. The average molecular weight is 649 g/mol. The summed E-state index contributed by atoms with van der Waals surface area (Å²) in [6.07, 6.45) is 8.04. The minimum atomic E-state index is -0.246. The quantitative estimate of drug-likeness (QED) is 0.268. The maximum atomic E-state index is 13.6. The first-order valence-electron chi connectivity index (χ1n) is 15.4. The van der Waals surface area contributed by atoms with E-state index in [0.717, 1.165) is 28.1 Å². The van der Waals surface area contributed by atoms with E-state index in [1.54, 1.807) is 46.7 Å². The van der Waals surface area contributed by atoms with E-state index >= 15 is 0 Å². The van der Waals surface area contributed by atoms with Crippen LogP contribution in [0.3, 0.4) is 0 Å². The number of aromatic nitrogens is 8. The molecule has 8 rings (SSSR count). The Labute approximate surface area is 273 Å². The van der Waals surface area contributed by atoms with Crippen LogP contribution in [0.4, 0.5) is 0 Å². The van der Waals surface area contributed by atoms with Crippen LogP contribution in [0.25, 0.3) is 22.3 Å².